The quantitative estimate of drug-likeness (QED) is 0.148. The zero-order valence-corrected chi connectivity index (χ0v) is 25.1. The molecule has 0 spiro atoms. The van der Waals surface area contributed by atoms with Crippen molar-refractivity contribution in [2.24, 2.45) is 7.05 Å². The number of carboxylic acid groups (broad SMARTS) is 1. The number of methoxy groups -OCH3 is 1. The minimum atomic E-state index is -1.06. The van der Waals surface area contributed by atoms with Crippen LogP contribution >= 0.6 is 11.3 Å². The molecule has 3 amide bonds. The van der Waals surface area contributed by atoms with Gasteiger partial charge in [0.25, 0.3) is 0 Å². The van der Waals surface area contributed by atoms with Crippen molar-refractivity contribution in [1.82, 2.24) is 19.4 Å². The van der Waals surface area contributed by atoms with Crippen LogP contribution in [-0.4, -0.2) is 62.7 Å². The zero-order chi connectivity index (χ0) is 31.9. The molecule has 232 valence electrons. The summed E-state index contributed by atoms with van der Waals surface area (Å²) in [5, 5.41) is 14.7. The van der Waals surface area contributed by atoms with Crippen molar-refractivity contribution in [2.75, 3.05) is 30.9 Å². The van der Waals surface area contributed by atoms with Gasteiger partial charge in [0.2, 0.25) is 11.8 Å². The van der Waals surface area contributed by atoms with Crippen LogP contribution < -0.4 is 15.4 Å². The summed E-state index contributed by atoms with van der Waals surface area (Å²) in [4.78, 5) is 47.1. The number of hydrogen-bond donors (Lipinski definition) is 3. The van der Waals surface area contributed by atoms with Gasteiger partial charge in [-0.25, -0.2) is 14.2 Å². The summed E-state index contributed by atoms with van der Waals surface area (Å²) >= 11 is 1.35. The SMILES string of the molecule is COCCN(Cc1cnc(-c2cc3nccc(Oc4ccc(NC(=O)CC(=O)Nc5ccccc5)cc4F)c3s2)n1C)C(=O)O. The standard InChI is InChI=1S/C31H29FN6O6S/c1-37-21(18-38(31(41)42)12-13-43-2)17-34-30(37)26-15-23-29(45-26)25(10-11-33-23)44-24-9-8-20(14-22(24)32)36-28(40)16-27(39)35-19-6-4-3-5-7-19/h3-11,14-15,17H,12-13,16,18H2,1-2H3,(H,35,39)(H,36,40)(H,41,42). The average Bonchev–Trinajstić information content (AvgIpc) is 3.60. The van der Waals surface area contributed by atoms with Gasteiger partial charge >= 0.3 is 6.09 Å². The first-order chi connectivity index (χ1) is 21.7. The molecule has 3 N–H and O–H groups in total. The number of nitrogens with one attached hydrogen (secondary N) is 2. The maximum Gasteiger partial charge on any atom is 0.407 e. The number of aromatic nitrogens is 3. The normalized spacial score (nSPS) is 10.9. The lowest BCUT2D eigenvalue weighted by Gasteiger charge is -2.18. The number of halogens is 1. The number of amides is 3. The minimum absolute atomic E-state index is 0.0682. The van der Waals surface area contributed by atoms with Gasteiger partial charge in [0.15, 0.2) is 11.6 Å². The minimum Gasteiger partial charge on any atom is -0.465 e. The number of thiophene rings is 1. The lowest BCUT2D eigenvalue weighted by molar-refractivity contribution is -0.123. The van der Waals surface area contributed by atoms with Crippen molar-refractivity contribution >= 4 is 50.8 Å². The van der Waals surface area contributed by atoms with E-state index in [4.69, 9.17) is 9.47 Å². The van der Waals surface area contributed by atoms with Crippen molar-refractivity contribution in [3.8, 4) is 22.2 Å². The fourth-order valence-corrected chi connectivity index (χ4v) is 5.52. The molecule has 45 heavy (non-hydrogen) atoms. The fraction of sp³-hybridized carbons (Fsp3) is 0.194. The number of nitrogens with zero attached hydrogens (tertiary/aromatic N) is 4. The summed E-state index contributed by atoms with van der Waals surface area (Å²) in [7, 11) is 3.31. The van der Waals surface area contributed by atoms with Gasteiger partial charge in [-0.05, 0) is 30.3 Å². The molecule has 0 atom stereocenters. The molecule has 5 rings (SSSR count). The van der Waals surface area contributed by atoms with E-state index >= 15 is 4.39 Å². The van der Waals surface area contributed by atoms with Gasteiger partial charge in [0, 0.05) is 50.4 Å². The van der Waals surface area contributed by atoms with Gasteiger partial charge in [0.05, 0.1) is 40.1 Å². The van der Waals surface area contributed by atoms with Gasteiger partial charge in [-0.2, -0.15) is 0 Å². The first-order valence-electron chi connectivity index (χ1n) is 13.7. The summed E-state index contributed by atoms with van der Waals surface area (Å²) in [6.45, 7) is 0.625. The molecule has 0 saturated heterocycles. The Morgan fingerprint density at radius 3 is 2.47 bits per heavy atom. The van der Waals surface area contributed by atoms with Gasteiger partial charge < -0.3 is 34.7 Å². The van der Waals surface area contributed by atoms with E-state index in [9.17, 15) is 19.5 Å². The molecule has 3 aromatic heterocycles. The second-order valence-electron chi connectivity index (χ2n) is 9.85. The van der Waals surface area contributed by atoms with Gasteiger partial charge in [0.1, 0.15) is 18.0 Å². The van der Waals surface area contributed by atoms with E-state index in [1.807, 2.05) is 16.7 Å². The zero-order valence-electron chi connectivity index (χ0n) is 24.3. The van der Waals surface area contributed by atoms with E-state index < -0.39 is 30.1 Å². The molecule has 0 aliphatic heterocycles. The van der Waals surface area contributed by atoms with Crippen LogP contribution in [0.4, 0.5) is 20.6 Å². The number of ether oxygens (including phenoxy) is 2. The number of imidazole rings is 1. The first-order valence-corrected chi connectivity index (χ1v) is 14.5. The van der Waals surface area contributed by atoms with Crippen molar-refractivity contribution in [1.29, 1.82) is 0 Å². The first kappa shape index (κ1) is 31.1. The predicted molar refractivity (Wildman–Crippen MR) is 167 cm³/mol. The number of para-hydroxylation sites is 1. The maximum absolute atomic E-state index is 15.1. The molecule has 5 aromatic rings. The van der Waals surface area contributed by atoms with E-state index in [0.29, 0.717) is 33.2 Å². The van der Waals surface area contributed by atoms with Gasteiger partial charge in [-0.15, -0.1) is 11.3 Å². The van der Waals surface area contributed by atoms with Crippen molar-refractivity contribution in [3.05, 3.63) is 84.6 Å². The third kappa shape index (κ3) is 7.60. The number of fused-ring (bicyclic) bond motifs is 1. The highest BCUT2D eigenvalue weighted by atomic mass is 32.1. The number of carbonyl (C=O) groups is 3. The summed E-state index contributed by atoms with van der Waals surface area (Å²) in [6, 6.07) is 16.2. The Kier molecular flexibility index (Phi) is 9.65. The highest BCUT2D eigenvalue weighted by Crippen LogP contribution is 2.39. The number of benzene rings is 2. The summed E-state index contributed by atoms with van der Waals surface area (Å²) in [5.74, 6) is -0.895. The summed E-state index contributed by atoms with van der Waals surface area (Å²) in [6.07, 6.45) is 1.68. The van der Waals surface area contributed by atoms with Crippen LogP contribution in [0.2, 0.25) is 0 Å². The van der Waals surface area contributed by atoms with E-state index in [0.717, 1.165) is 10.9 Å². The third-order valence-electron chi connectivity index (χ3n) is 6.68. The highest BCUT2D eigenvalue weighted by Gasteiger charge is 2.19. The molecule has 2 aromatic carbocycles. The Morgan fingerprint density at radius 2 is 1.76 bits per heavy atom. The van der Waals surface area contributed by atoms with Crippen molar-refractivity contribution in [2.45, 2.75) is 13.0 Å². The molecule has 0 bridgehead atoms. The van der Waals surface area contributed by atoms with Crippen LogP contribution in [-0.2, 0) is 27.9 Å². The summed E-state index contributed by atoms with van der Waals surface area (Å²) in [5.41, 5.74) is 2.04. The van der Waals surface area contributed by atoms with Gasteiger partial charge in [-0.1, -0.05) is 18.2 Å². The largest absolute Gasteiger partial charge is 0.465 e. The Morgan fingerprint density at radius 1 is 1.00 bits per heavy atom. The van der Waals surface area contributed by atoms with E-state index in [1.165, 1.54) is 35.5 Å². The third-order valence-corrected chi connectivity index (χ3v) is 7.82. The van der Waals surface area contributed by atoms with Crippen LogP contribution in [0.15, 0.2) is 73.1 Å². The molecule has 0 unspecified atom stereocenters. The van der Waals surface area contributed by atoms with Crippen LogP contribution in [0.3, 0.4) is 0 Å². The molecule has 12 nitrogen and oxygen atoms in total. The van der Waals surface area contributed by atoms with E-state index in [1.54, 1.807) is 49.8 Å². The molecular formula is C31H29FN6O6S. The Bertz CT molecular complexity index is 1840. The average molecular weight is 633 g/mol. The number of hydrogen-bond acceptors (Lipinski definition) is 8. The molecule has 3 heterocycles. The Balaban J connectivity index is 1.27. The molecule has 0 fully saturated rings. The Hall–Kier alpha value is -5.34. The topological polar surface area (TPSA) is 148 Å². The van der Waals surface area contributed by atoms with Crippen molar-refractivity contribution in [3.63, 3.8) is 0 Å². The van der Waals surface area contributed by atoms with Crippen LogP contribution in [0.1, 0.15) is 12.1 Å². The molecule has 0 saturated carbocycles. The molecule has 0 aliphatic rings. The second-order valence-corrected chi connectivity index (χ2v) is 10.9. The number of carbonyl (C=O) groups excluding carboxylic acids is 2. The molecule has 14 heteroatoms. The predicted octanol–water partition coefficient (Wildman–Crippen LogP) is 5.72. The monoisotopic (exact) mass is 632 g/mol. The van der Waals surface area contributed by atoms with E-state index in [-0.39, 0.29) is 31.1 Å². The molecule has 0 aliphatic carbocycles. The van der Waals surface area contributed by atoms with E-state index in [2.05, 4.69) is 20.6 Å². The molecular weight excluding hydrogens is 603 g/mol. The van der Waals surface area contributed by atoms with Crippen LogP contribution in [0, 0.1) is 5.82 Å². The fourth-order valence-electron chi connectivity index (χ4n) is 4.42. The number of rotatable bonds is 12. The van der Waals surface area contributed by atoms with Gasteiger partial charge in [-0.3, -0.25) is 14.6 Å². The number of anilines is 2. The van der Waals surface area contributed by atoms with Crippen LogP contribution in [0.25, 0.3) is 20.9 Å². The molecule has 0 radical (unpaired) electrons. The maximum atomic E-state index is 15.1. The second kappa shape index (κ2) is 14.0. The summed E-state index contributed by atoms with van der Waals surface area (Å²) < 4.78 is 28.5. The highest BCUT2D eigenvalue weighted by molar-refractivity contribution is 7.22. The van der Waals surface area contributed by atoms with Crippen LogP contribution in [0.5, 0.6) is 11.5 Å². The number of pyridine rings is 1. The Labute approximate surface area is 261 Å². The lowest BCUT2D eigenvalue weighted by atomic mass is 10.2. The smallest absolute Gasteiger partial charge is 0.407 e. The van der Waals surface area contributed by atoms with Crippen molar-refractivity contribution < 1.29 is 33.4 Å². The lowest BCUT2D eigenvalue weighted by Crippen LogP contribution is -2.32.